The number of anilines is 2. The number of nitrogen functional groups attached to an aromatic ring is 2. The molecule has 2 unspecified atom stereocenters. The first-order chi connectivity index (χ1) is 20.0. The summed E-state index contributed by atoms with van der Waals surface area (Å²) in [4.78, 5) is 44.4. The molecule has 2 saturated heterocycles. The normalized spacial score (nSPS) is 31.3. The highest BCUT2D eigenvalue weighted by molar-refractivity contribution is 7.47. The lowest BCUT2D eigenvalue weighted by Crippen LogP contribution is -2.33. The van der Waals surface area contributed by atoms with Gasteiger partial charge in [-0.1, -0.05) is 0 Å². The Bertz CT molecular complexity index is 1740. The molecule has 0 saturated carbocycles. The number of aromatic nitrogens is 8. The zero-order chi connectivity index (χ0) is 29.9. The Hall–Kier alpha value is -3.69. The number of halogens is 2. The highest BCUT2D eigenvalue weighted by atomic mass is 31.2. The Labute approximate surface area is 231 Å². The Balaban J connectivity index is 1.19. The molecule has 0 radical (unpaired) electrons. The second-order valence-corrected chi connectivity index (χ2v) is 10.8. The minimum absolute atomic E-state index is 0.0319. The number of ether oxygens (including phenoxy) is 2. The number of fused-ring (bicyclic) bond motifs is 2. The van der Waals surface area contributed by atoms with Crippen molar-refractivity contribution in [2.75, 3.05) is 24.7 Å². The quantitative estimate of drug-likeness (QED) is 0.122. The van der Waals surface area contributed by atoms with Crippen molar-refractivity contribution < 1.29 is 47.0 Å². The number of nitrogens with one attached hydrogen (secondary N) is 1. The molecule has 0 amide bonds. The van der Waals surface area contributed by atoms with Gasteiger partial charge in [0.15, 0.2) is 47.4 Å². The van der Waals surface area contributed by atoms with Gasteiger partial charge in [0.1, 0.15) is 36.3 Å². The van der Waals surface area contributed by atoms with E-state index in [2.05, 4.69) is 29.9 Å². The first-order valence-corrected chi connectivity index (χ1v) is 13.7. The van der Waals surface area contributed by atoms with Gasteiger partial charge in [-0.3, -0.25) is 28.0 Å². The maximum Gasteiger partial charge on any atom is 0.472 e. The number of aromatic amines is 1. The molecule has 6 rings (SSSR count). The van der Waals surface area contributed by atoms with Crippen molar-refractivity contribution in [3.63, 3.8) is 0 Å². The summed E-state index contributed by atoms with van der Waals surface area (Å²) >= 11 is 0. The SMILES string of the molecule is Nc1nc2c(ncn2[C@@H]2O[C@H](CO)[C@H](F)[C@@H]2OP(=O)(O)OC[C@H]2O[C@@H](n3cnc4c(N)ncnc43)C(F)[C@H]2O)c(=O)[nH]1. The van der Waals surface area contributed by atoms with E-state index >= 15 is 8.78 Å². The van der Waals surface area contributed by atoms with Crippen LogP contribution < -0.4 is 17.0 Å². The number of nitrogens with two attached hydrogens (primary N) is 2. The number of nitrogens with zero attached hydrogens (tertiary/aromatic N) is 7. The number of rotatable bonds is 8. The van der Waals surface area contributed by atoms with E-state index in [4.69, 9.17) is 30.0 Å². The fourth-order valence-electron chi connectivity index (χ4n) is 4.78. The minimum Gasteiger partial charge on any atom is -0.394 e. The van der Waals surface area contributed by atoms with Crippen LogP contribution in [0.2, 0.25) is 0 Å². The molecule has 0 bridgehead atoms. The summed E-state index contributed by atoms with van der Waals surface area (Å²) < 4.78 is 66.4. The molecule has 8 N–H and O–H groups in total. The van der Waals surface area contributed by atoms with Crippen LogP contribution in [0, 0.1) is 0 Å². The Morgan fingerprint density at radius 1 is 1.02 bits per heavy atom. The van der Waals surface area contributed by atoms with E-state index in [0.717, 1.165) is 17.2 Å². The third-order valence-electron chi connectivity index (χ3n) is 6.78. The molecule has 6 heterocycles. The van der Waals surface area contributed by atoms with Gasteiger partial charge in [-0.25, -0.2) is 33.3 Å². The molecule has 4 aromatic heterocycles. The van der Waals surface area contributed by atoms with Crippen LogP contribution in [0.15, 0.2) is 23.8 Å². The smallest absolute Gasteiger partial charge is 0.394 e. The van der Waals surface area contributed by atoms with E-state index in [1.54, 1.807) is 0 Å². The average Bonchev–Trinajstić information content (AvgIpc) is 3.69. The molecule has 0 aromatic carbocycles. The summed E-state index contributed by atoms with van der Waals surface area (Å²) in [6.45, 7) is -1.70. The lowest BCUT2D eigenvalue weighted by molar-refractivity contribution is -0.0600. The number of aliphatic hydroxyl groups is 2. The molecule has 4 aromatic rings. The molecule has 226 valence electrons. The van der Waals surface area contributed by atoms with Crippen LogP contribution in [-0.4, -0.2) is 104 Å². The molecule has 19 nitrogen and oxygen atoms in total. The van der Waals surface area contributed by atoms with E-state index < -0.39 is 75.8 Å². The number of aliphatic hydroxyl groups excluding tert-OH is 2. The number of imidazole rings is 2. The van der Waals surface area contributed by atoms with Crippen molar-refractivity contribution in [3.8, 4) is 0 Å². The maximum atomic E-state index is 15.2. The summed E-state index contributed by atoms with van der Waals surface area (Å²) in [6, 6.07) is 0. The largest absolute Gasteiger partial charge is 0.472 e. The maximum absolute atomic E-state index is 15.2. The molecule has 2 aliphatic rings. The van der Waals surface area contributed by atoms with Crippen molar-refractivity contribution in [2.24, 2.45) is 0 Å². The van der Waals surface area contributed by atoms with Gasteiger partial charge in [0.25, 0.3) is 5.56 Å². The van der Waals surface area contributed by atoms with Gasteiger partial charge in [0.05, 0.1) is 25.9 Å². The Kier molecular flexibility index (Phi) is 7.14. The minimum atomic E-state index is -5.18. The fourth-order valence-corrected chi connectivity index (χ4v) is 5.71. The lowest BCUT2D eigenvalue weighted by atomic mass is 10.1. The summed E-state index contributed by atoms with van der Waals surface area (Å²) in [5, 5.41) is 20.0. The fraction of sp³-hybridized carbons (Fsp3) is 0.500. The first-order valence-electron chi connectivity index (χ1n) is 12.2. The van der Waals surface area contributed by atoms with Crippen LogP contribution in [0.5, 0.6) is 0 Å². The molecule has 42 heavy (non-hydrogen) atoms. The second-order valence-electron chi connectivity index (χ2n) is 9.38. The predicted octanol–water partition coefficient (Wildman–Crippen LogP) is -1.55. The van der Waals surface area contributed by atoms with Crippen LogP contribution in [0.3, 0.4) is 0 Å². The Morgan fingerprint density at radius 3 is 2.45 bits per heavy atom. The van der Waals surface area contributed by atoms with Crippen LogP contribution in [0.4, 0.5) is 20.5 Å². The topological polar surface area (TPSA) is 274 Å². The van der Waals surface area contributed by atoms with Crippen molar-refractivity contribution in [2.45, 2.75) is 49.2 Å². The number of alkyl halides is 2. The molecule has 2 aliphatic heterocycles. The summed E-state index contributed by atoms with van der Waals surface area (Å²) in [5.74, 6) is -0.264. The molecular weight excluding hydrogens is 593 g/mol. The molecule has 22 heteroatoms. The van der Waals surface area contributed by atoms with E-state index in [9.17, 15) is 24.5 Å². The van der Waals surface area contributed by atoms with E-state index in [0.29, 0.717) is 0 Å². The van der Waals surface area contributed by atoms with Crippen molar-refractivity contribution in [1.29, 1.82) is 0 Å². The third-order valence-corrected chi connectivity index (χ3v) is 7.77. The van der Waals surface area contributed by atoms with Crippen molar-refractivity contribution >= 4 is 41.9 Å². The third kappa shape index (κ3) is 4.78. The van der Waals surface area contributed by atoms with Gasteiger partial charge in [-0.15, -0.1) is 0 Å². The summed E-state index contributed by atoms with van der Waals surface area (Å²) in [7, 11) is -5.18. The molecular formula is C20H23F2N10O9P. The molecule has 0 aliphatic carbocycles. The van der Waals surface area contributed by atoms with Gasteiger partial charge >= 0.3 is 7.82 Å². The highest BCUT2D eigenvalue weighted by Crippen LogP contribution is 2.50. The molecule has 0 spiro atoms. The van der Waals surface area contributed by atoms with Crippen LogP contribution in [0.25, 0.3) is 22.3 Å². The summed E-state index contributed by atoms with van der Waals surface area (Å²) in [5.41, 5.74) is 10.6. The number of hydrogen-bond acceptors (Lipinski definition) is 15. The standard InChI is InChI=1S/C20H23F2N10O9P/c21-8-6(1-33)39-19(32-5-28-11-16(32)29-20(24)30-17(11)35)13(8)41-42(36,37)38-2-7-12(34)9(22)18(40-7)31-4-27-10-14(23)25-3-26-15(10)31/h3-9,12-13,18-19,33-34H,1-2H2,(H,36,37)(H2,23,25,26)(H3,24,29,30,35)/t6-,7-,8+,9?,12+,13+,18-,19-/m1/s1. The van der Waals surface area contributed by atoms with Crippen molar-refractivity contribution in [3.05, 3.63) is 29.3 Å². The molecule has 2 fully saturated rings. The Morgan fingerprint density at radius 2 is 1.71 bits per heavy atom. The van der Waals surface area contributed by atoms with Gasteiger partial charge in [0, 0.05) is 0 Å². The van der Waals surface area contributed by atoms with Crippen LogP contribution in [-0.2, 0) is 23.1 Å². The average molecular weight is 616 g/mol. The molecule has 9 atom stereocenters. The van der Waals surface area contributed by atoms with E-state index in [1.807, 2.05) is 0 Å². The van der Waals surface area contributed by atoms with Gasteiger partial charge in [0.2, 0.25) is 5.95 Å². The second kappa shape index (κ2) is 10.5. The van der Waals surface area contributed by atoms with Crippen LogP contribution in [0.1, 0.15) is 12.5 Å². The van der Waals surface area contributed by atoms with Gasteiger partial charge < -0.3 is 36.0 Å². The van der Waals surface area contributed by atoms with Crippen LogP contribution >= 0.6 is 7.82 Å². The first kappa shape index (κ1) is 28.4. The van der Waals surface area contributed by atoms with Gasteiger partial charge in [-0.05, 0) is 0 Å². The number of hydrogen-bond donors (Lipinski definition) is 6. The summed E-state index contributed by atoms with van der Waals surface area (Å²) in [6.07, 6.45) is -10.6. The number of phosphoric acid groups is 1. The van der Waals surface area contributed by atoms with Crippen molar-refractivity contribution in [1.82, 2.24) is 39.0 Å². The van der Waals surface area contributed by atoms with E-state index in [-0.39, 0.29) is 34.1 Å². The number of phosphoric ester groups is 1. The zero-order valence-corrected chi connectivity index (χ0v) is 21.9. The monoisotopic (exact) mass is 616 g/mol. The highest BCUT2D eigenvalue weighted by Gasteiger charge is 2.51. The lowest BCUT2D eigenvalue weighted by Gasteiger charge is -2.24. The predicted molar refractivity (Wildman–Crippen MR) is 134 cm³/mol. The van der Waals surface area contributed by atoms with Gasteiger partial charge in [-0.2, -0.15) is 4.98 Å². The number of H-pyrrole nitrogens is 1. The zero-order valence-electron chi connectivity index (χ0n) is 21.0. The van der Waals surface area contributed by atoms with E-state index in [1.165, 1.54) is 10.9 Å².